The minimum absolute atomic E-state index is 0.0512. The zero-order chi connectivity index (χ0) is 20.4. The molecule has 0 fully saturated rings. The van der Waals surface area contributed by atoms with Crippen LogP contribution in [0.15, 0.2) is 54.6 Å². The molecule has 0 saturated heterocycles. The van der Waals surface area contributed by atoms with Gasteiger partial charge >= 0.3 is 17.8 Å². The smallest absolute Gasteiger partial charge is 0.337 e. The molecule has 0 bridgehead atoms. The Hall–Kier alpha value is -3.19. The zero-order valence-corrected chi connectivity index (χ0v) is 15.7. The molecule has 0 radical (unpaired) electrons. The van der Waals surface area contributed by atoms with Gasteiger partial charge in [-0.25, -0.2) is 4.79 Å². The molecule has 2 aromatic carbocycles. The van der Waals surface area contributed by atoms with Gasteiger partial charge in [0.1, 0.15) is 0 Å². The van der Waals surface area contributed by atoms with Gasteiger partial charge in [-0.3, -0.25) is 9.59 Å². The standard InChI is InChI=1S/C21H24N2O5/c1-28-21(27)17-7-9-18(10-8-17)23-20(26)19(25)22-13-11-16(12-14-24)15-5-3-2-4-6-15/h2-10,16,24H,11-14H2,1H3,(H,22,25)(H,23,26)/t16-/m0/s1. The molecule has 148 valence electrons. The molecule has 2 aromatic rings. The van der Waals surface area contributed by atoms with E-state index in [1.807, 2.05) is 30.3 Å². The van der Waals surface area contributed by atoms with Crippen LogP contribution in [0.25, 0.3) is 0 Å². The quantitative estimate of drug-likeness (QED) is 0.477. The highest BCUT2D eigenvalue weighted by atomic mass is 16.5. The Morgan fingerprint density at radius 3 is 2.25 bits per heavy atom. The van der Waals surface area contributed by atoms with Gasteiger partial charge in [0.05, 0.1) is 12.7 Å². The fourth-order valence-electron chi connectivity index (χ4n) is 2.79. The number of methoxy groups -OCH3 is 1. The monoisotopic (exact) mass is 384 g/mol. The van der Waals surface area contributed by atoms with Crippen LogP contribution in [0.4, 0.5) is 5.69 Å². The highest BCUT2D eigenvalue weighted by Gasteiger charge is 2.16. The Kier molecular flexibility index (Phi) is 8.17. The summed E-state index contributed by atoms with van der Waals surface area (Å²) in [4.78, 5) is 35.4. The number of hydrogen-bond donors (Lipinski definition) is 3. The van der Waals surface area contributed by atoms with Gasteiger partial charge in [0, 0.05) is 18.8 Å². The van der Waals surface area contributed by atoms with Crippen LogP contribution in [0.1, 0.15) is 34.7 Å². The predicted molar refractivity (Wildman–Crippen MR) is 105 cm³/mol. The number of nitrogens with one attached hydrogen (secondary N) is 2. The molecule has 7 nitrogen and oxygen atoms in total. The van der Waals surface area contributed by atoms with Crippen LogP contribution in [0.2, 0.25) is 0 Å². The molecule has 0 spiro atoms. The summed E-state index contributed by atoms with van der Waals surface area (Å²) in [5.74, 6) is -1.91. The van der Waals surface area contributed by atoms with Crippen molar-refractivity contribution in [2.24, 2.45) is 0 Å². The molecule has 1 atom stereocenters. The van der Waals surface area contributed by atoms with E-state index in [1.54, 1.807) is 0 Å². The molecule has 3 N–H and O–H groups in total. The van der Waals surface area contributed by atoms with Crippen LogP contribution in [-0.2, 0) is 14.3 Å². The van der Waals surface area contributed by atoms with Crippen molar-refractivity contribution in [3.63, 3.8) is 0 Å². The van der Waals surface area contributed by atoms with Gasteiger partial charge in [0.2, 0.25) is 0 Å². The van der Waals surface area contributed by atoms with Crippen molar-refractivity contribution in [3.8, 4) is 0 Å². The largest absolute Gasteiger partial charge is 0.465 e. The Labute approximate surface area is 163 Å². The van der Waals surface area contributed by atoms with E-state index in [9.17, 15) is 19.5 Å². The van der Waals surface area contributed by atoms with Crippen molar-refractivity contribution < 1.29 is 24.2 Å². The van der Waals surface area contributed by atoms with Gasteiger partial charge in [0.15, 0.2) is 0 Å². The first-order valence-corrected chi connectivity index (χ1v) is 8.98. The third-order valence-electron chi connectivity index (χ3n) is 4.30. The lowest BCUT2D eigenvalue weighted by molar-refractivity contribution is -0.136. The maximum Gasteiger partial charge on any atom is 0.337 e. The average molecular weight is 384 g/mol. The van der Waals surface area contributed by atoms with E-state index in [1.165, 1.54) is 31.4 Å². The van der Waals surface area contributed by atoms with Gasteiger partial charge in [-0.2, -0.15) is 0 Å². The molecule has 0 aromatic heterocycles. The molecule has 0 aliphatic rings. The molecule has 0 heterocycles. The molecular formula is C21H24N2O5. The number of carbonyl (C=O) groups is 3. The lowest BCUT2D eigenvalue weighted by Crippen LogP contribution is -2.36. The summed E-state index contributed by atoms with van der Waals surface area (Å²) >= 11 is 0. The first kappa shape index (κ1) is 21.1. The predicted octanol–water partition coefficient (Wildman–Crippen LogP) is 2.08. The van der Waals surface area contributed by atoms with Crippen LogP contribution < -0.4 is 10.6 Å². The number of amides is 2. The molecule has 2 amide bonds. The minimum atomic E-state index is -0.788. The Morgan fingerprint density at radius 2 is 1.64 bits per heavy atom. The van der Waals surface area contributed by atoms with Crippen LogP contribution in [0, 0.1) is 0 Å². The highest BCUT2D eigenvalue weighted by molar-refractivity contribution is 6.39. The second-order valence-corrected chi connectivity index (χ2v) is 6.19. The number of anilines is 1. The fraction of sp³-hybridized carbons (Fsp3) is 0.286. The summed E-state index contributed by atoms with van der Waals surface area (Å²) < 4.78 is 4.60. The lowest BCUT2D eigenvalue weighted by atomic mass is 9.93. The number of aliphatic hydroxyl groups is 1. The van der Waals surface area contributed by atoms with Crippen LogP contribution in [0.5, 0.6) is 0 Å². The van der Waals surface area contributed by atoms with Crippen LogP contribution in [0.3, 0.4) is 0 Å². The third kappa shape index (κ3) is 6.21. The lowest BCUT2D eigenvalue weighted by Gasteiger charge is -2.16. The average Bonchev–Trinajstić information content (AvgIpc) is 2.73. The van der Waals surface area contributed by atoms with Gasteiger partial charge in [-0.05, 0) is 48.6 Å². The van der Waals surface area contributed by atoms with E-state index in [4.69, 9.17) is 0 Å². The number of carbonyl (C=O) groups excluding carboxylic acids is 3. The molecule has 2 rings (SSSR count). The van der Waals surface area contributed by atoms with E-state index in [-0.39, 0.29) is 12.5 Å². The van der Waals surface area contributed by atoms with E-state index in [0.717, 1.165) is 5.56 Å². The SMILES string of the molecule is COC(=O)c1ccc(NC(=O)C(=O)NCC[C@@H](CCO)c2ccccc2)cc1. The molecule has 0 aliphatic carbocycles. The number of aliphatic hydroxyl groups excluding tert-OH is 1. The maximum absolute atomic E-state index is 12.0. The Morgan fingerprint density at radius 1 is 0.964 bits per heavy atom. The van der Waals surface area contributed by atoms with Crippen LogP contribution in [-0.4, -0.2) is 43.2 Å². The van der Waals surface area contributed by atoms with Crippen molar-refractivity contribution in [1.82, 2.24) is 5.32 Å². The minimum Gasteiger partial charge on any atom is -0.465 e. The Bertz CT molecular complexity index is 790. The number of esters is 1. The fourth-order valence-corrected chi connectivity index (χ4v) is 2.79. The normalized spacial score (nSPS) is 11.4. The number of benzene rings is 2. The molecule has 28 heavy (non-hydrogen) atoms. The molecule has 0 aliphatic heterocycles. The topological polar surface area (TPSA) is 105 Å². The summed E-state index contributed by atoms with van der Waals surface area (Å²) in [5.41, 5.74) is 1.83. The van der Waals surface area contributed by atoms with Crippen molar-refractivity contribution >= 4 is 23.5 Å². The molecule has 0 unspecified atom stereocenters. The van der Waals surface area contributed by atoms with E-state index < -0.39 is 17.8 Å². The van der Waals surface area contributed by atoms with Crippen LogP contribution >= 0.6 is 0 Å². The summed E-state index contributed by atoms with van der Waals surface area (Å²) in [6, 6.07) is 15.8. The van der Waals surface area contributed by atoms with Crippen molar-refractivity contribution in [2.75, 3.05) is 25.6 Å². The second-order valence-electron chi connectivity index (χ2n) is 6.19. The first-order chi connectivity index (χ1) is 13.5. The summed E-state index contributed by atoms with van der Waals surface area (Å²) in [6.45, 7) is 0.364. The van der Waals surface area contributed by atoms with Gasteiger partial charge in [-0.1, -0.05) is 30.3 Å². The van der Waals surface area contributed by atoms with E-state index >= 15 is 0 Å². The van der Waals surface area contributed by atoms with E-state index in [0.29, 0.717) is 30.6 Å². The summed E-state index contributed by atoms with van der Waals surface area (Å²) in [7, 11) is 1.28. The van der Waals surface area contributed by atoms with E-state index in [2.05, 4.69) is 15.4 Å². The van der Waals surface area contributed by atoms with Gasteiger partial charge < -0.3 is 20.5 Å². The summed E-state index contributed by atoms with van der Waals surface area (Å²) in [6.07, 6.45) is 1.19. The van der Waals surface area contributed by atoms with Crippen molar-refractivity contribution in [1.29, 1.82) is 0 Å². The number of rotatable bonds is 8. The molecule has 0 saturated carbocycles. The van der Waals surface area contributed by atoms with Gasteiger partial charge in [0.25, 0.3) is 0 Å². The Balaban J connectivity index is 1.83. The second kappa shape index (κ2) is 10.8. The summed E-state index contributed by atoms with van der Waals surface area (Å²) in [5, 5.41) is 14.3. The number of ether oxygens (including phenoxy) is 1. The van der Waals surface area contributed by atoms with Gasteiger partial charge in [-0.15, -0.1) is 0 Å². The number of hydrogen-bond acceptors (Lipinski definition) is 5. The molecular weight excluding hydrogens is 360 g/mol. The third-order valence-corrected chi connectivity index (χ3v) is 4.30. The maximum atomic E-state index is 12.0. The zero-order valence-electron chi connectivity index (χ0n) is 15.7. The highest BCUT2D eigenvalue weighted by Crippen LogP contribution is 2.22. The van der Waals surface area contributed by atoms with Crippen molar-refractivity contribution in [3.05, 3.63) is 65.7 Å². The van der Waals surface area contributed by atoms with Crippen molar-refractivity contribution in [2.45, 2.75) is 18.8 Å². The molecule has 7 heteroatoms. The first-order valence-electron chi connectivity index (χ1n) is 8.98.